The fraction of sp³-hybridized carbons (Fsp3) is 0.367. The van der Waals surface area contributed by atoms with Crippen molar-refractivity contribution in [2.24, 2.45) is 5.92 Å². The van der Waals surface area contributed by atoms with Crippen LogP contribution in [0.3, 0.4) is 0 Å². The number of carbonyl (C=O) groups is 5. The summed E-state index contributed by atoms with van der Waals surface area (Å²) in [6.45, 7) is 1.03. The molecule has 10 heteroatoms. The van der Waals surface area contributed by atoms with Crippen molar-refractivity contribution in [2.45, 2.75) is 50.7 Å². The van der Waals surface area contributed by atoms with Crippen LogP contribution in [0.2, 0.25) is 0 Å². The number of Topliss-reactive ketones (excluding diaryl/α,β-unsaturated/α-hetero) is 1. The number of aromatic nitrogens is 1. The summed E-state index contributed by atoms with van der Waals surface area (Å²) in [7, 11) is 0. The van der Waals surface area contributed by atoms with Gasteiger partial charge in [-0.3, -0.25) is 24.0 Å². The second-order valence-corrected chi connectivity index (χ2v) is 10.4. The van der Waals surface area contributed by atoms with Crippen molar-refractivity contribution in [3.63, 3.8) is 0 Å². The highest BCUT2D eigenvalue weighted by Crippen LogP contribution is 2.23. The van der Waals surface area contributed by atoms with Crippen LogP contribution in [0.5, 0.6) is 0 Å². The first-order chi connectivity index (χ1) is 19.4. The molecule has 5 rings (SSSR count). The maximum atomic E-state index is 13.6. The summed E-state index contributed by atoms with van der Waals surface area (Å²) in [4.78, 5) is 70.1. The summed E-state index contributed by atoms with van der Waals surface area (Å²) in [5, 5.41) is 8.99. The van der Waals surface area contributed by atoms with Crippen molar-refractivity contribution in [3.05, 3.63) is 71.9 Å². The van der Waals surface area contributed by atoms with E-state index in [2.05, 4.69) is 20.9 Å². The minimum Gasteiger partial charge on any atom is -0.356 e. The SMILES string of the molecule is O=C(NCc1ccccc1)C(=O)C(C[C@@H]1CCNC1=O)NC(=O)C1CCCCN1C(=O)c1cc2ccccc2[nH]1. The van der Waals surface area contributed by atoms with Gasteiger partial charge in [0.05, 0.1) is 6.04 Å². The highest BCUT2D eigenvalue weighted by molar-refractivity contribution is 6.38. The minimum atomic E-state index is -1.19. The molecule has 2 fully saturated rings. The Balaban J connectivity index is 1.31. The van der Waals surface area contributed by atoms with Crippen LogP contribution in [-0.2, 0) is 25.7 Å². The van der Waals surface area contributed by atoms with Crippen LogP contribution in [0.15, 0.2) is 60.7 Å². The number of hydrogen-bond donors (Lipinski definition) is 4. The second-order valence-electron chi connectivity index (χ2n) is 10.4. The summed E-state index contributed by atoms with van der Waals surface area (Å²) in [5.74, 6) is -3.14. The Hall–Kier alpha value is -4.47. The lowest BCUT2D eigenvalue weighted by atomic mass is 9.94. The third-order valence-electron chi connectivity index (χ3n) is 7.66. The molecule has 0 aliphatic carbocycles. The Morgan fingerprint density at radius 1 is 0.975 bits per heavy atom. The van der Waals surface area contributed by atoms with E-state index in [1.165, 1.54) is 4.90 Å². The molecule has 3 heterocycles. The first kappa shape index (κ1) is 27.1. The zero-order chi connectivity index (χ0) is 28.1. The summed E-state index contributed by atoms with van der Waals surface area (Å²) in [5.41, 5.74) is 2.04. The highest BCUT2D eigenvalue weighted by atomic mass is 16.2. The fourth-order valence-electron chi connectivity index (χ4n) is 5.47. The van der Waals surface area contributed by atoms with Gasteiger partial charge in [-0.05, 0) is 49.8 Å². The first-order valence-corrected chi connectivity index (χ1v) is 13.7. The van der Waals surface area contributed by atoms with Gasteiger partial charge in [0.2, 0.25) is 17.6 Å². The number of hydrogen-bond acceptors (Lipinski definition) is 5. The van der Waals surface area contributed by atoms with Crippen molar-refractivity contribution in [3.8, 4) is 0 Å². The smallest absolute Gasteiger partial charge is 0.289 e. The number of nitrogens with one attached hydrogen (secondary N) is 4. The quantitative estimate of drug-likeness (QED) is 0.306. The summed E-state index contributed by atoms with van der Waals surface area (Å²) < 4.78 is 0. The van der Waals surface area contributed by atoms with Crippen molar-refractivity contribution < 1.29 is 24.0 Å². The number of para-hydroxylation sites is 1. The molecule has 0 spiro atoms. The van der Waals surface area contributed by atoms with Gasteiger partial charge < -0.3 is 25.8 Å². The van der Waals surface area contributed by atoms with Gasteiger partial charge in [0.15, 0.2) is 0 Å². The minimum absolute atomic E-state index is 0.0118. The molecule has 10 nitrogen and oxygen atoms in total. The van der Waals surface area contributed by atoms with Gasteiger partial charge in [-0.25, -0.2) is 0 Å². The van der Waals surface area contributed by atoms with Crippen molar-refractivity contribution >= 4 is 40.3 Å². The second kappa shape index (κ2) is 12.1. The molecular weight excluding hydrogens is 510 g/mol. The number of ketones is 1. The van der Waals surface area contributed by atoms with E-state index in [0.717, 1.165) is 29.3 Å². The van der Waals surface area contributed by atoms with Crippen LogP contribution < -0.4 is 16.0 Å². The molecule has 2 aromatic carbocycles. The Morgan fingerprint density at radius 2 is 1.75 bits per heavy atom. The molecule has 2 saturated heterocycles. The highest BCUT2D eigenvalue weighted by Gasteiger charge is 2.38. The molecule has 0 bridgehead atoms. The number of nitrogens with zero attached hydrogens (tertiary/aromatic N) is 1. The molecule has 0 saturated carbocycles. The first-order valence-electron chi connectivity index (χ1n) is 13.7. The number of aromatic amines is 1. The largest absolute Gasteiger partial charge is 0.356 e. The van der Waals surface area contributed by atoms with Crippen LogP contribution >= 0.6 is 0 Å². The normalized spacial score (nSPS) is 19.6. The Morgan fingerprint density at radius 3 is 2.50 bits per heavy atom. The molecular formula is C30H33N5O5. The number of benzene rings is 2. The number of carbonyl (C=O) groups excluding carboxylic acids is 5. The van der Waals surface area contributed by atoms with E-state index in [0.29, 0.717) is 31.6 Å². The Kier molecular flexibility index (Phi) is 8.23. The number of rotatable bonds is 9. The van der Waals surface area contributed by atoms with E-state index in [-0.39, 0.29) is 24.8 Å². The maximum Gasteiger partial charge on any atom is 0.289 e. The molecule has 0 radical (unpaired) electrons. The van der Waals surface area contributed by atoms with E-state index >= 15 is 0 Å². The standard InChI is InChI=1S/C30H33N5O5/c36-26(29(39)32-18-19-8-2-1-3-9-19)23(17-21-13-14-31-27(21)37)34-28(38)25-12-6-7-15-35(25)30(40)24-16-20-10-4-5-11-22(20)33-24/h1-5,8-11,16,21,23,25,33H,6-7,12-15,17-18H2,(H,31,37)(H,32,39)(H,34,38)/t21-,23?,25?/m0/s1. The van der Waals surface area contributed by atoms with Crippen molar-refractivity contribution in [1.29, 1.82) is 0 Å². The van der Waals surface area contributed by atoms with Crippen LogP contribution in [-0.4, -0.2) is 64.5 Å². The summed E-state index contributed by atoms with van der Waals surface area (Å²) in [6, 6.07) is 16.5. The van der Waals surface area contributed by atoms with Gasteiger partial charge in [-0.1, -0.05) is 48.5 Å². The number of likely N-dealkylation sites (tertiary alicyclic amines) is 1. The number of amides is 4. The predicted octanol–water partition coefficient (Wildman–Crippen LogP) is 2.06. The van der Waals surface area contributed by atoms with Crippen LogP contribution in [0, 0.1) is 5.92 Å². The summed E-state index contributed by atoms with van der Waals surface area (Å²) in [6.07, 6.45) is 2.46. The molecule has 3 atom stereocenters. The average Bonchev–Trinajstić information content (AvgIpc) is 3.61. The van der Waals surface area contributed by atoms with E-state index in [4.69, 9.17) is 0 Å². The van der Waals surface area contributed by atoms with Crippen LogP contribution in [0.25, 0.3) is 10.9 Å². The van der Waals surface area contributed by atoms with Gasteiger partial charge in [-0.2, -0.15) is 0 Å². The number of fused-ring (bicyclic) bond motifs is 1. The monoisotopic (exact) mass is 543 g/mol. The molecule has 208 valence electrons. The zero-order valence-electron chi connectivity index (χ0n) is 22.2. The van der Waals surface area contributed by atoms with Crippen LogP contribution in [0.4, 0.5) is 0 Å². The number of H-pyrrole nitrogens is 1. The van der Waals surface area contributed by atoms with Crippen LogP contribution in [0.1, 0.15) is 48.2 Å². The van der Waals surface area contributed by atoms with Gasteiger partial charge in [0.25, 0.3) is 11.8 Å². The van der Waals surface area contributed by atoms with Gasteiger partial charge in [0, 0.05) is 36.5 Å². The topological polar surface area (TPSA) is 140 Å². The predicted molar refractivity (Wildman–Crippen MR) is 148 cm³/mol. The molecule has 4 N–H and O–H groups in total. The van der Waals surface area contributed by atoms with Gasteiger partial charge in [-0.15, -0.1) is 0 Å². The third kappa shape index (κ3) is 6.06. The Labute approximate surface area is 231 Å². The maximum absolute atomic E-state index is 13.6. The van der Waals surface area contributed by atoms with Crippen molar-refractivity contribution in [2.75, 3.05) is 13.1 Å². The molecule has 2 unspecified atom stereocenters. The lowest BCUT2D eigenvalue weighted by Crippen LogP contribution is -2.56. The molecule has 3 aromatic rings. The van der Waals surface area contributed by atoms with E-state index in [1.54, 1.807) is 6.07 Å². The van der Waals surface area contributed by atoms with E-state index in [1.807, 2.05) is 54.6 Å². The zero-order valence-corrected chi connectivity index (χ0v) is 22.2. The average molecular weight is 544 g/mol. The Bertz CT molecular complexity index is 1390. The van der Waals surface area contributed by atoms with Gasteiger partial charge >= 0.3 is 0 Å². The van der Waals surface area contributed by atoms with E-state index < -0.39 is 35.6 Å². The van der Waals surface area contributed by atoms with Crippen molar-refractivity contribution in [1.82, 2.24) is 25.8 Å². The van der Waals surface area contributed by atoms with Gasteiger partial charge in [0.1, 0.15) is 11.7 Å². The lowest BCUT2D eigenvalue weighted by Gasteiger charge is -2.35. The fourth-order valence-corrected chi connectivity index (χ4v) is 5.47. The summed E-state index contributed by atoms with van der Waals surface area (Å²) >= 11 is 0. The third-order valence-corrected chi connectivity index (χ3v) is 7.66. The number of piperidine rings is 1. The molecule has 1 aromatic heterocycles. The molecule has 2 aliphatic rings. The molecule has 4 amide bonds. The lowest BCUT2D eigenvalue weighted by molar-refractivity contribution is -0.141. The van der Waals surface area contributed by atoms with E-state index in [9.17, 15) is 24.0 Å². The molecule has 2 aliphatic heterocycles. The molecule has 40 heavy (non-hydrogen) atoms.